The molecule has 3 amide bonds. The number of nitrogens with two attached hydrogens (primary N) is 1. The first-order valence-electron chi connectivity index (χ1n) is 10.5. The minimum absolute atomic E-state index is 0.00793. The largest absolute Gasteiger partial charge is 0.398 e. The molecule has 0 aliphatic carbocycles. The van der Waals surface area contributed by atoms with E-state index in [2.05, 4.69) is 15.6 Å². The third-order valence-electron chi connectivity index (χ3n) is 5.72. The molecular weight excluding hydrogens is 390 g/mol. The molecule has 0 bridgehead atoms. The van der Waals surface area contributed by atoms with Crippen molar-refractivity contribution < 1.29 is 9.59 Å². The number of hydrogen-bond donors (Lipinski definition) is 3. The van der Waals surface area contributed by atoms with Gasteiger partial charge in [-0.15, -0.1) is 0 Å². The van der Waals surface area contributed by atoms with E-state index in [-0.39, 0.29) is 24.0 Å². The Bertz CT molecular complexity index is 1120. The third kappa shape index (κ3) is 4.45. The van der Waals surface area contributed by atoms with E-state index >= 15 is 0 Å². The van der Waals surface area contributed by atoms with E-state index in [1.807, 2.05) is 66.4 Å². The molecule has 1 aliphatic rings. The highest BCUT2D eigenvalue weighted by molar-refractivity contribution is 5.96. The second-order valence-electron chi connectivity index (χ2n) is 8.00. The normalized spacial score (nSPS) is 18.6. The first-order valence-corrected chi connectivity index (χ1v) is 10.5. The number of rotatable bonds is 3. The molecule has 2 aromatic carbocycles. The molecule has 31 heavy (non-hydrogen) atoms. The van der Waals surface area contributed by atoms with E-state index in [1.165, 1.54) is 0 Å². The number of nitrogen functional groups attached to an aromatic ring is 1. The van der Waals surface area contributed by atoms with Crippen LogP contribution < -0.4 is 16.4 Å². The van der Waals surface area contributed by atoms with Gasteiger partial charge in [0.25, 0.3) is 0 Å². The summed E-state index contributed by atoms with van der Waals surface area (Å²) in [5.74, 6) is 0.00793. The lowest BCUT2D eigenvalue weighted by molar-refractivity contribution is -0.133. The number of nitrogens with zero attached hydrogens (tertiary/aromatic N) is 2. The van der Waals surface area contributed by atoms with Gasteiger partial charge in [0.05, 0.1) is 17.6 Å². The van der Waals surface area contributed by atoms with E-state index in [9.17, 15) is 9.59 Å². The van der Waals surface area contributed by atoms with Crippen LogP contribution in [0.15, 0.2) is 54.6 Å². The highest BCUT2D eigenvalue weighted by atomic mass is 16.2. The molecule has 1 aliphatic heterocycles. The molecule has 1 saturated heterocycles. The predicted molar refractivity (Wildman–Crippen MR) is 123 cm³/mol. The standard InChI is InChI=1S/C24H27N5O2/c1-15-13-20(25)19-14-18(10-11-21(19)26-15)27-24(31)28-22-9-6-12-29(16(2)30)23(22)17-7-4-3-5-8-17/h3-5,7-8,10-11,13-14,22-23H,6,9,12H2,1-2H3,(H2,25,26)(H2,27,28,31). The summed E-state index contributed by atoms with van der Waals surface area (Å²) >= 11 is 0. The molecule has 7 nitrogen and oxygen atoms in total. The van der Waals surface area contributed by atoms with E-state index in [1.54, 1.807) is 6.92 Å². The predicted octanol–water partition coefficient (Wildman–Crippen LogP) is 4.00. The van der Waals surface area contributed by atoms with Crippen molar-refractivity contribution in [2.45, 2.75) is 38.8 Å². The number of urea groups is 1. The third-order valence-corrected chi connectivity index (χ3v) is 5.72. The molecule has 2 heterocycles. The van der Waals surface area contributed by atoms with Crippen LogP contribution in [0.5, 0.6) is 0 Å². The molecule has 160 valence electrons. The lowest BCUT2D eigenvalue weighted by Gasteiger charge is -2.41. The van der Waals surface area contributed by atoms with Gasteiger partial charge in [0.2, 0.25) is 5.91 Å². The van der Waals surface area contributed by atoms with Crippen molar-refractivity contribution in [3.05, 3.63) is 65.9 Å². The number of pyridine rings is 1. The summed E-state index contributed by atoms with van der Waals surface area (Å²) < 4.78 is 0. The second kappa shape index (κ2) is 8.63. The molecule has 7 heteroatoms. The summed E-state index contributed by atoms with van der Waals surface area (Å²) in [6, 6.07) is 16.5. The molecular formula is C24H27N5O2. The first-order chi connectivity index (χ1) is 14.9. The van der Waals surface area contributed by atoms with Crippen LogP contribution in [-0.2, 0) is 4.79 Å². The summed E-state index contributed by atoms with van der Waals surface area (Å²) in [4.78, 5) is 31.4. The Balaban J connectivity index is 1.54. The van der Waals surface area contributed by atoms with Gasteiger partial charge in [0.15, 0.2) is 0 Å². The van der Waals surface area contributed by atoms with Crippen molar-refractivity contribution >= 4 is 34.2 Å². The number of anilines is 2. The Hall–Kier alpha value is -3.61. The average molecular weight is 418 g/mol. The summed E-state index contributed by atoms with van der Waals surface area (Å²) in [5, 5.41) is 6.78. The van der Waals surface area contributed by atoms with Gasteiger partial charge in [-0.25, -0.2) is 4.79 Å². The van der Waals surface area contributed by atoms with Crippen LogP contribution in [-0.4, -0.2) is 34.4 Å². The molecule has 2 unspecified atom stereocenters. The first kappa shape index (κ1) is 20.7. The average Bonchev–Trinajstić information content (AvgIpc) is 2.74. The van der Waals surface area contributed by atoms with Gasteiger partial charge in [0.1, 0.15) is 0 Å². The zero-order valence-corrected chi connectivity index (χ0v) is 17.8. The number of benzene rings is 2. The molecule has 0 saturated carbocycles. The van der Waals surface area contributed by atoms with Crippen molar-refractivity contribution in [2.75, 3.05) is 17.6 Å². The number of aromatic nitrogens is 1. The highest BCUT2D eigenvalue weighted by Gasteiger charge is 2.35. The SMILES string of the molecule is CC(=O)N1CCCC(NC(=O)Nc2ccc3nc(C)cc(N)c3c2)C1c1ccccc1. The van der Waals surface area contributed by atoms with Crippen molar-refractivity contribution in [3.63, 3.8) is 0 Å². The van der Waals surface area contributed by atoms with Crippen LogP contribution >= 0.6 is 0 Å². The molecule has 2 atom stereocenters. The minimum atomic E-state index is -0.311. The fourth-order valence-corrected chi connectivity index (χ4v) is 4.37. The van der Waals surface area contributed by atoms with Crippen LogP contribution in [0.25, 0.3) is 10.9 Å². The number of nitrogens with one attached hydrogen (secondary N) is 2. The molecule has 4 N–H and O–H groups in total. The fraction of sp³-hybridized carbons (Fsp3) is 0.292. The molecule has 1 aromatic heterocycles. The summed E-state index contributed by atoms with van der Waals surface area (Å²) in [7, 11) is 0. The van der Waals surface area contributed by atoms with E-state index < -0.39 is 0 Å². The Kier molecular flexibility index (Phi) is 5.75. The maximum Gasteiger partial charge on any atom is 0.319 e. The zero-order chi connectivity index (χ0) is 22.0. The number of hydrogen-bond acceptors (Lipinski definition) is 4. The van der Waals surface area contributed by atoms with E-state index in [0.29, 0.717) is 17.9 Å². The van der Waals surface area contributed by atoms with Gasteiger partial charge >= 0.3 is 6.03 Å². The number of piperidine rings is 1. The lowest BCUT2D eigenvalue weighted by atomic mass is 9.90. The van der Waals surface area contributed by atoms with E-state index in [0.717, 1.165) is 35.0 Å². The van der Waals surface area contributed by atoms with Crippen molar-refractivity contribution in [1.29, 1.82) is 0 Å². The molecule has 0 radical (unpaired) electrons. The van der Waals surface area contributed by atoms with Crippen molar-refractivity contribution in [3.8, 4) is 0 Å². The maximum absolute atomic E-state index is 12.8. The number of carbonyl (C=O) groups excluding carboxylic acids is 2. The molecule has 3 aromatic rings. The molecule has 4 rings (SSSR count). The number of aryl methyl sites for hydroxylation is 1. The Morgan fingerprint density at radius 2 is 1.90 bits per heavy atom. The van der Waals surface area contributed by atoms with Crippen molar-refractivity contribution in [2.24, 2.45) is 0 Å². The van der Waals surface area contributed by atoms with Gasteiger partial charge in [-0.3, -0.25) is 9.78 Å². The quantitative estimate of drug-likeness (QED) is 0.600. The smallest absolute Gasteiger partial charge is 0.319 e. The highest BCUT2D eigenvalue weighted by Crippen LogP contribution is 2.31. The fourth-order valence-electron chi connectivity index (χ4n) is 4.37. The van der Waals surface area contributed by atoms with Crippen LogP contribution in [0.4, 0.5) is 16.2 Å². The Labute approximate surface area is 181 Å². The minimum Gasteiger partial charge on any atom is -0.398 e. The van der Waals surface area contributed by atoms with Gasteiger partial charge in [0, 0.05) is 35.9 Å². The molecule has 0 spiro atoms. The topological polar surface area (TPSA) is 100 Å². The van der Waals surface area contributed by atoms with Gasteiger partial charge in [-0.2, -0.15) is 0 Å². The Morgan fingerprint density at radius 1 is 1.13 bits per heavy atom. The lowest BCUT2D eigenvalue weighted by Crippen LogP contribution is -2.52. The molecule has 1 fully saturated rings. The number of fused-ring (bicyclic) bond motifs is 1. The van der Waals surface area contributed by atoms with Crippen LogP contribution in [0.2, 0.25) is 0 Å². The summed E-state index contributed by atoms with van der Waals surface area (Å²) in [6.45, 7) is 4.16. The van der Waals surface area contributed by atoms with Crippen LogP contribution in [0.3, 0.4) is 0 Å². The summed E-state index contributed by atoms with van der Waals surface area (Å²) in [5.41, 5.74) is 10.0. The zero-order valence-electron chi connectivity index (χ0n) is 17.8. The van der Waals surface area contributed by atoms with Crippen LogP contribution in [0, 0.1) is 6.92 Å². The van der Waals surface area contributed by atoms with Gasteiger partial charge in [-0.05, 0) is 49.6 Å². The Morgan fingerprint density at radius 3 is 2.65 bits per heavy atom. The van der Waals surface area contributed by atoms with Crippen molar-refractivity contribution in [1.82, 2.24) is 15.2 Å². The van der Waals surface area contributed by atoms with Crippen LogP contribution in [0.1, 0.15) is 37.1 Å². The van der Waals surface area contributed by atoms with Gasteiger partial charge < -0.3 is 21.3 Å². The number of amides is 3. The van der Waals surface area contributed by atoms with E-state index in [4.69, 9.17) is 5.73 Å². The monoisotopic (exact) mass is 417 g/mol. The maximum atomic E-state index is 12.8. The number of likely N-dealkylation sites (tertiary alicyclic amines) is 1. The second-order valence-corrected chi connectivity index (χ2v) is 8.00. The van der Waals surface area contributed by atoms with Gasteiger partial charge in [-0.1, -0.05) is 30.3 Å². The number of carbonyl (C=O) groups is 2. The summed E-state index contributed by atoms with van der Waals surface area (Å²) in [6.07, 6.45) is 1.63.